The van der Waals surface area contributed by atoms with Gasteiger partial charge in [-0.3, -0.25) is 9.59 Å². The van der Waals surface area contributed by atoms with Gasteiger partial charge in [0.25, 0.3) is 11.8 Å². The summed E-state index contributed by atoms with van der Waals surface area (Å²) in [5, 5.41) is 2.82. The van der Waals surface area contributed by atoms with Gasteiger partial charge < -0.3 is 15.8 Å². The van der Waals surface area contributed by atoms with E-state index in [9.17, 15) is 9.59 Å². The Morgan fingerprint density at radius 2 is 1.64 bits per heavy atom. The van der Waals surface area contributed by atoms with Gasteiger partial charge in [-0.05, 0) is 50.2 Å². The Hall–Kier alpha value is -2.82. The number of nitrogens with one attached hydrogen (secondary N) is 1. The van der Waals surface area contributed by atoms with E-state index < -0.39 is 5.91 Å². The Balaban J connectivity index is 2.03. The molecule has 0 radical (unpaired) electrons. The summed E-state index contributed by atoms with van der Waals surface area (Å²) in [6, 6.07) is 12.4. The number of carbonyl (C=O) groups is 2. The number of anilines is 1. The number of primary amides is 1. The van der Waals surface area contributed by atoms with Crippen molar-refractivity contribution in [3.05, 3.63) is 59.2 Å². The lowest BCUT2D eigenvalue weighted by atomic mass is 10.1. The molecule has 0 atom stereocenters. The number of carbonyl (C=O) groups excluding carboxylic acids is 2. The molecule has 2 aromatic rings. The van der Waals surface area contributed by atoms with Crippen LogP contribution in [0.2, 0.25) is 0 Å². The minimum absolute atomic E-state index is 0.169. The molecule has 0 aromatic heterocycles. The molecule has 0 aliphatic rings. The zero-order valence-corrected chi connectivity index (χ0v) is 12.6. The molecular formula is C17H18N2O3. The molecule has 2 aromatic carbocycles. The van der Waals surface area contributed by atoms with Gasteiger partial charge in [-0.1, -0.05) is 17.2 Å². The highest BCUT2D eigenvalue weighted by Crippen LogP contribution is 2.17. The number of benzene rings is 2. The maximum atomic E-state index is 12.2. The minimum Gasteiger partial charge on any atom is -0.484 e. The third-order valence-corrected chi connectivity index (χ3v) is 2.98. The van der Waals surface area contributed by atoms with Gasteiger partial charge in [0.2, 0.25) is 0 Å². The van der Waals surface area contributed by atoms with E-state index in [1.54, 1.807) is 24.3 Å². The first-order chi connectivity index (χ1) is 10.4. The molecule has 0 saturated carbocycles. The molecule has 2 rings (SSSR count). The van der Waals surface area contributed by atoms with Crippen LogP contribution in [0, 0.1) is 13.8 Å². The van der Waals surface area contributed by atoms with E-state index in [1.807, 2.05) is 32.0 Å². The molecule has 0 bridgehead atoms. The number of ether oxygens (including phenoxy) is 1. The summed E-state index contributed by atoms with van der Waals surface area (Å²) < 4.78 is 5.16. The number of aryl methyl sites for hydroxylation is 2. The number of hydrogen-bond donors (Lipinski definition) is 2. The minimum atomic E-state index is -0.535. The van der Waals surface area contributed by atoms with E-state index in [2.05, 4.69) is 5.32 Å². The predicted octanol–water partition coefficient (Wildman–Crippen LogP) is 2.42. The smallest absolute Gasteiger partial charge is 0.255 e. The van der Waals surface area contributed by atoms with Crippen LogP contribution in [0.15, 0.2) is 42.5 Å². The molecule has 5 heteroatoms. The zero-order valence-electron chi connectivity index (χ0n) is 12.6. The number of hydrogen-bond acceptors (Lipinski definition) is 3. The summed E-state index contributed by atoms with van der Waals surface area (Å²) >= 11 is 0. The van der Waals surface area contributed by atoms with Gasteiger partial charge in [0, 0.05) is 11.3 Å². The largest absolute Gasteiger partial charge is 0.484 e. The fraction of sp³-hybridized carbons (Fsp3) is 0.176. The number of nitrogens with two attached hydrogens (primary N) is 1. The van der Waals surface area contributed by atoms with Crippen molar-refractivity contribution in [1.29, 1.82) is 0 Å². The standard InChI is InChI=1S/C17H18N2O3/c1-11-7-12(2)9-13(8-11)17(21)19-14-3-5-15(6-4-14)22-10-16(18)20/h3-9H,10H2,1-2H3,(H2,18,20)(H,19,21). The third kappa shape index (κ3) is 4.34. The van der Waals surface area contributed by atoms with Crippen LogP contribution in [-0.2, 0) is 4.79 Å². The molecule has 0 fully saturated rings. The number of rotatable bonds is 5. The summed E-state index contributed by atoms with van der Waals surface area (Å²) in [5.74, 6) is -0.187. The lowest BCUT2D eigenvalue weighted by Crippen LogP contribution is -2.20. The van der Waals surface area contributed by atoms with Crippen molar-refractivity contribution in [2.75, 3.05) is 11.9 Å². The van der Waals surface area contributed by atoms with Crippen molar-refractivity contribution in [3.8, 4) is 5.75 Å². The second-order valence-corrected chi connectivity index (χ2v) is 5.11. The van der Waals surface area contributed by atoms with Crippen molar-refractivity contribution in [2.24, 2.45) is 5.73 Å². The van der Waals surface area contributed by atoms with Gasteiger partial charge in [-0.2, -0.15) is 0 Å². The van der Waals surface area contributed by atoms with Crippen LogP contribution in [0.4, 0.5) is 5.69 Å². The van der Waals surface area contributed by atoms with Crippen LogP contribution >= 0.6 is 0 Å². The van der Waals surface area contributed by atoms with Crippen molar-refractivity contribution in [2.45, 2.75) is 13.8 Å². The van der Waals surface area contributed by atoms with E-state index in [0.717, 1.165) is 11.1 Å². The topological polar surface area (TPSA) is 81.4 Å². The van der Waals surface area contributed by atoms with E-state index >= 15 is 0 Å². The predicted molar refractivity (Wildman–Crippen MR) is 85.0 cm³/mol. The van der Waals surface area contributed by atoms with Crippen LogP contribution in [0.5, 0.6) is 5.75 Å². The summed E-state index contributed by atoms with van der Waals surface area (Å²) in [6.07, 6.45) is 0. The summed E-state index contributed by atoms with van der Waals surface area (Å²) in [6.45, 7) is 3.73. The second kappa shape index (κ2) is 6.76. The molecule has 22 heavy (non-hydrogen) atoms. The lowest BCUT2D eigenvalue weighted by Gasteiger charge is -2.08. The fourth-order valence-corrected chi connectivity index (χ4v) is 2.10. The van der Waals surface area contributed by atoms with Crippen LogP contribution in [0.1, 0.15) is 21.5 Å². The van der Waals surface area contributed by atoms with E-state index in [4.69, 9.17) is 10.5 Å². The molecule has 0 aliphatic heterocycles. The highest BCUT2D eigenvalue weighted by Gasteiger charge is 2.07. The van der Waals surface area contributed by atoms with Gasteiger partial charge in [-0.15, -0.1) is 0 Å². The lowest BCUT2D eigenvalue weighted by molar-refractivity contribution is -0.119. The van der Waals surface area contributed by atoms with Gasteiger partial charge in [0.1, 0.15) is 5.75 Å². The first kappa shape index (κ1) is 15.6. The Labute approximate surface area is 129 Å². The second-order valence-electron chi connectivity index (χ2n) is 5.11. The normalized spacial score (nSPS) is 10.1. The zero-order chi connectivity index (χ0) is 16.1. The monoisotopic (exact) mass is 298 g/mol. The third-order valence-electron chi connectivity index (χ3n) is 2.98. The van der Waals surface area contributed by atoms with Crippen molar-refractivity contribution in [1.82, 2.24) is 0 Å². The molecule has 0 unspecified atom stereocenters. The van der Waals surface area contributed by atoms with Crippen LogP contribution in [0.25, 0.3) is 0 Å². The molecule has 0 spiro atoms. The van der Waals surface area contributed by atoms with Crippen molar-refractivity contribution in [3.63, 3.8) is 0 Å². The highest BCUT2D eigenvalue weighted by atomic mass is 16.5. The summed E-state index contributed by atoms with van der Waals surface area (Å²) in [4.78, 5) is 22.9. The van der Waals surface area contributed by atoms with Gasteiger partial charge in [-0.25, -0.2) is 0 Å². The van der Waals surface area contributed by atoms with Crippen LogP contribution < -0.4 is 15.8 Å². The maximum absolute atomic E-state index is 12.2. The van der Waals surface area contributed by atoms with Gasteiger partial charge in [0.05, 0.1) is 0 Å². The molecule has 2 amide bonds. The Bertz CT molecular complexity index is 673. The highest BCUT2D eigenvalue weighted by molar-refractivity contribution is 6.04. The Morgan fingerprint density at radius 1 is 1.05 bits per heavy atom. The Kier molecular flexibility index (Phi) is 4.78. The van der Waals surface area contributed by atoms with Crippen LogP contribution in [0.3, 0.4) is 0 Å². The first-order valence-electron chi connectivity index (χ1n) is 6.85. The average Bonchev–Trinajstić information content (AvgIpc) is 2.45. The maximum Gasteiger partial charge on any atom is 0.255 e. The molecule has 114 valence electrons. The van der Waals surface area contributed by atoms with Gasteiger partial charge in [0.15, 0.2) is 6.61 Å². The van der Waals surface area contributed by atoms with E-state index in [0.29, 0.717) is 17.0 Å². The SMILES string of the molecule is Cc1cc(C)cc(C(=O)Nc2ccc(OCC(N)=O)cc2)c1. The fourth-order valence-electron chi connectivity index (χ4n) is 2.10. The quantitative estimate of drug-likeness (QED) is 0.889. The molecule has 3 N–H and O–H groups in total. The molecule has 5 nitrogen and oxygen atoms in total. The summed E-state index contributed by atoms with van der Waals surface area (Å²) in [7, 11) is 0. The number of amides is 2. The first-order valence-corrected chi connectivity index (χ1v) is 6.85. The molecule has 0 saturated heterocycles. The molecule has 0 aliphatic carbocycles. The van der Waals surface area contributed by atoms with Crippen molar-refractivity contribution < 1.29 is 14.3 Å². The van der Waals surface area contributed by atoms with Crippen LogP contribution in [-0.4, -0.2) is 18.4 Å². The van der Waals surface area contributed by atoms with Gasteiger partial charge >= 0.3 is 0 Å². The van der Waals surface area contributed by atoms with E-state index in [1.165, 1.54) is 0 Å². The molecule has 0 heterocycles. The summed E-state index contributed by atoms with van der Waals surface area (Å²) in [5.41, 5.74) is 8.35. The van der Waals surface area contributed by atoms with Crippen molar-refractivity contribution >= 4 is 17.5 Å². The van der Waals surface area contributed by atoms with E-state index in [-0.39, 0.29) is 12.5 Å². The average molecular weight is 298 g/mol. The molecular weight excluding hydrogens is 280 g/mol. The Morgan fingerprint density at radius 3 is 2.18 bits per heavy atom.